The molecule has 0 amide bonds. The summed E-state index contributed by atoms with van der Waals surface area (Å²) in [6.07, 6.45) is 0. The van der Waals surface area contributed by atoms with Gasteiger partial charge in [0.05, 0.1) is 43.0 Å². The number of nitrogens with two attached hydrogens (primary N) is 2. The zero-order valence-corrected chi connectivity index (χ0v) is 12.2. The second-order valence-corrected chi connectivity index (χ2v) is 7.03. The van der Waals surface area contributed by atoms with Gasteiger partial charge in [0.25, 0.3) is 0 Å². The predicted molar refractivity (Wildman–Crippen MR) is 76.0 cm³/mol. The molecule has 1 aromatic rings. The van der Waals surface area contributed by atoms with Crippen molar-refractivity contribution in [2.75, 3.05) is 0 Å². The van der Waals surface area contributed by atoms with Crippen LogP contribution in [0.4, 0.5) is 0 Å². The van der Waals surface area contributed by atoms with E-state index < -0.39 is 5.92 Å². The molecule has 2 rings (SSSR count). The summed E-state index contributed by atoms with van der Waals surface area (Å²) in [5, 5.41) is 19.2. The highest BCUT2D eigenvalue weighted by molar-refractivity contribution is 9.11. The Kier molecular flexibility index (Phi) is 3.67. The lowest BCUT2D eigenvalue weighted by Gasteiger charge is -2.22. The van der Waals surface area contributed by atoms with Crippen LogP contribution in [0.25, 0.3) is 0 Å². The fourth-order valence-electron chi connectivity index (χ4n) is 1.66. The molecule has 0 atom stereocenters. The molecule has 2 heterocycles. The van der Waals surface area contributed by atoms with Crippen LogP contribution in [0.2, 0.25) is 0 Å². The van der Waals surface area contributed by atoms with E-state index in [1.807, 2.05) is 12.1 Å². The van der Waals surface area contributed by atoms with Crippen LogP contribution in [-0.2, 0) is 0 Å². The first-order valence-electron chi connectivity index (χ1n) is 4.81. The maximum Gasteiger partial charge on any atom is 0.0985 e. The van der Waals surface area contributed by atoms with E-state index in [1.165, 1.54) is 11.3 Å². The van der Waals surface area contributed by atoms with Gasteiger partial charge in [-0.3, -0.25) is 0 Å². The second-order valence-electron chi connectivity index (χ2n) is 3.46. The summed E-state index contributed by atoms with van der Waals surface area (Å²) in [5.41, 5.74) is 12.4. The minimum atomic E-state index is -0.447. The number of nitrogens with zero attached hydrogens (tertiary/aromatic N) is 2. The Labute approximate surface area is 121 Å². The molecular weight excluding hydrogens is 332 g/mol. The fraction of sp³-hybridized carbons (Fsp3) is 0.0909. The molecule has 0 radical (unpaired) electrons. The van der Waals surface area contributed by atoms with E-state index in [0.717, 1.165) is 20.4 Å². The Balaban J connectivity index is 2.61. The first-order valence-corrected chi connectivity index (χ1v) is 7.23. The number of thioether (sulfide) groups is 1. The van der Waals surface area contributed by atoms with Gasteiger partial charge in [-0.25, -0.2) is 0 Å². The summed E-state index contributed by atoms with van der Waals surface area (Å²) in [6, 6.07) is 7.90. The highest BCUT2D eigenvalue weighted by Gasteiger charge is 2.31. The highest BCUT2D eigenvalue weighted by atomic mass is 79.9. The van der Waals surface area contributed by atoms with E-state index in [0.29, 0.717) is 21.2 Å². The SMILES string of the molecule is N#CC1=C(N)SC(N)=C(C#N)C1c1ccc(Br)s1. The third-order valence-electron chi connectivity index (χ3n) is 2.45. The maximum absolute atomic E-state index is 9.22. The van der Waals surface area contributed by atoms with E-state index >= 15 is 0 Å². The lowest BCUT2D eigenvalue weighted by molar-refractivity contribution is 0.982. The van der Waals surface area contributed by atoms with Gasteiger partial charge in [0.15, 0.2) is 0 Å². The number of rotatable bonds is 1. The zero-order chi connectivity index (χ0) is 13.3. The lowest BCUT2D eigenvalue weighted by Crippen LogP contribution is -2.17. The Bertz CT molecular complexity index is 609. The van der Waals surface area contributed by atoms with E-state index in [2.05, 4.69) is 28.1 Å². The topological polar surface area (TPSA) is 99.6 Å². The number of hydrogen-bond acceptors (Lipinski definition) is 6. The van der Waals surface area contributed by atoms with Gasteiger partial charge in [-0.2, -0.15) is 10.5 Å². The summed E-state index contributed by atoms with van der Waals surface area (Å²) in [4.78, 5) is 0.876. The fourth-order valence-corrected chi connectivity index (χ4v) is 3.99. The molecule has 18 heavy (non-hydrogen) atoms. The molecule has 0 saturated carbocycles. The number of thiophene rings is 1. The summed E-state index contributed by atoms with van der Waals surface area (Å²) in [7, 11) is 0. The van der Waals surface area contributed by atoms with Gasteiger partial charge < -0.3 is 11.5 Å². The molecule has 1 aliphatic rings. The second kappa shape index (κ2) is 5.07. The average molecular weight is 339 g/mol. The molecule has 0 unspecified atom stereocenters. The van der Waals surface area contributed by atoms with Crippen molar-refractivity contribution in [1.29, 1.82) is 10.5 Å². The molecule has 0 bridgehead atoms. The minimum absolute atomic E-state index is 0.364. The molecule has 4 N–H and O–H groups in total. The van der Waals surface area contributed by atoms with Crippen LogP contribution < -0.4 is 11.5 Å². The van der Waals surface area contributed by atoms with Crippen molar-refractivity contribution in [3.05, 3.63) is 42.0 Å². The molecule has 90 valence electrons. The summed E-state index contributed by atoms with van der Waals surface area (Å²) in [6.45, 7) is 0. The number of nitriles is 2. The molecule has 4 nitrogen and oxygen atoms in total. The van der Waals surface area contributed by atoms with Crippen molar-refractivity contribution in [2.24, 2.45) is 11.5 Å². The van der Waals surface area contributed by atoms with Gasteiger partial charge in [0, 0.05) is 4.88 Å². The molecular formula is C11H7BrN4S2. The summed E-state index contributed by atoms with van der Waals surface area (Å²) < 4.78 is 0.933. The van der Waals surface area contributed by atoms with Crippen LogP contribution in [0.3, 0.4) is 0 Å². The molecule has 0 spiro atoms. The molecule has 7 heteroatoms. The van der Waals surface area contributed by atoms with Crippen molar-refractivity contribution in [3.8, 4) is 12.1 Å². The quantitative estimate of drug-likeness (QED) is 0.819. The normalized spacial score (nSPS) is 16.6. The standard InChI is InChI=1S/C11H7BrN4S2/c12-8-2-1-7(17-8)9-5(3-13)10(15)18-11(16)6(9)4-14/h1-2,9H,15-16H2. The minimum Gasteiger partial charge on any atom is -0.392 e. The Morgan fingerprint density at radius 2 is 1.67 bits per heavy atom. The number of halogens is 1. The third-order valence-corrected chi connectivity index (χ3v) is 5.02. The van der Waals surface area contributed by atoms with Crippen LogP contribution in [0.15, 0.2) is 37.1 Å². The van der Waals surface area contributed by atoms with E-state index in [9.17, 15) is 10.5 Å². The van der Waals surface area contributed by atoms with Crippen molar-refractivity contribution >= 4 is 39.0 Å². The largest absolute Gasteiger partial charge is 0.392 e. The smallest absolute Gasteiger partial charge is 0.0985 e. The molecule has 0 saturated heterocycles. The van der Waals surface area contributed by atoms with Gasteiger partial charge in [0.1, 0.15) is 0 Å². The van der Waals surface area contributed by atoms with Crippen LogP contribution in [0, 0.1) is 22.7 Å². The molecule has 0 fully saturated rings. The summed E-state index contributed by atoms with van der Waals surface area (Å²) in [5.74, 6) is -0.447. The molecule has 0 aliphatic carbocycles. The van der Waals surface area contributed by atoms with Crippen LogP contribution in [0.5, 0.6) is 0 Å². The highest BCUT2D eigenvalue weighted by Crippen LogP contribution is 2.45. The monoisotopic (exact) mass is 338 g/mol. The molecule has 0 aromatic carbocycles. The van der Waals surface area contributed by atoms with Crippen molar-refractivity contribution in [2.45, 2.75) is 5.92 Å². The Morgan fingerprint density at radius 3 is 2.06 bits per heavy atom. The van der Waals surface area contributed by atoms with Gasteiger partial charge in [0.2, 0.25) is 0 Å². The number of allylic oxidation sites excluding steroid dienone is 2. The van der Waals surface area contributed by atoms with Gasteiger partial charge in [-0.05, 0) is 28.1 Å². The van der Waals surface area contributed by atoms with E-state index in [4.69, 9.17) is 11.5 Å². The van der Waals surface area contributed by atoms with E-state index in [1.54, 1.807) is 0 Å². The van der Waals surface area contributed by atoms with Gasteiger partial charge >= 0.3 is 0 Å². The average Bonchev–Trinajstić information content (AvgIpc) is 2.74. The number of hydrogen-bond donors (Lipinski definition) is 2. The zero-order valence-electron chi connectivity index (χ0n) is 8.98. The third kappa shape index (κ3) is 2.13. The first-order chi connectivity index (χ1) is 8.58. The van der Waals surface area contributed by atoms with Crippen molar-refractivity contribution in [1.82, 2.24) is 0 Å². The molecule has 1 aliphatic heterocycles. The van der Waals surface area contributed by atoms with Crippen LogP contribution in [-0.4, -0.2) is 0 Å². The van der Waals surface area contributed by atoms with Crippen molar-refractivity contribution in [3.63, 3.8) is 0 Å². The Morgan fingerprint density at radius 1 is 1.11 bits per heavy atom. The molecule has 1 aromatic heterocycles. The first kappa shape index (κ1) is 13.0. The van der Waals surface area contributed by atoms with Gasteiger partial charge in [-0.15, -0.1) is 11.3 Å². The van der Waals surface area contributed by atoms with Crippen LogP contribution >= 0.6 is 39.0 Å². The lowest BCUT2D eigenvalue weighted by atomic mass is 9.91. The Hall–Kier alpha value is -1.41. The summed E-state index contributed by atoms with van der Waals surface area (Å²) >= 11 is 5.90. The van der Waals surface area contributed by atoms with E-state index in [-0.39, 0.29) is 0 Å². The van der Waals surface area contributed by atoms with Gasteiger partial charge in [-0.1, -0.05) is 11.8 Å². The van der Waals surface area contributed by atoms with Crippen LogP contribution in [0.1, 0.15) is 10.8 Å². The maximum atomic E-state index is 9.22. The van der Waals surface area contributed by atoms with Crippen molar-refractivity contribution < 1.29 is 0 Å². The predicted octanol–water partition coefficient (Wildman–Crippen LogP) is 2.73.